The molecule has 0 saturated carbocycles. The molecular weight excluding hydrogens is 1530 g/mol. The van der Waals surface area contributed by atoms with Crippen molar-refractivity contribution < 1.29 is 11.0 Å². The van der Waals surface area contributed by atoms with Crippen LogP contribution >= 0.6 is 0 Å². The number of hydrogen-bond acceptors (Lipinski definition) is 2. The van der Waals surface area contributed by atoms with Gasteiger partial charge < -0.3 is 18.9 Å². The van der Waals surface area contributed by atoms with Crippen molar-refractivity contribution in [2.75, 3.05) is 9.80 Å². The molecule has 127 heavy (non-hydrogen) atoms. The van der Waals surface area contributed by atoms with E-state index in [9.17, 15) is 11.0 Å². The summed E-state index contributed by atoms with van der Waals surface area (Å²) in [7, 11) is 0. The zero-order valence-corrected chi connectivity index (χ0v) is 82.3. The van der Waals surface area contributed by atoms with Gasteiger partial charge in [0.05, 0.1) is 44.4 Å². The van der Waals surface area contributed by atoms with E-state index in [1.165, 1.54) is 55.3 Å². The van der Waals surface area contributed by atoms with Gasteiger partial charge in [-0.1, -0.05) is 374 Å². The molecule has 0 aliphatic carbocycles. The predicted octanol–water partition coefficient (Wildman–Crippen LogP) is 32.9. The Bertz CT molecular complexity index is 7310. The molecule has 0 spiro atoms. The van der Waals surface area contributed by atoms with Crippen molar-refractivity contribution in [3.63, 3.8) is 0 Å². The van der Waals surface area contributed by atoms with Crippen LogP contribution in [0.2, 0.25) is 0 Å². The van der Waals surface area contributed by atoms with E-state index in [-0.39, 0.29) is 83.9 Å². The second-order valence-electron chi connectivity index (χ2n) is 48.3. The molecule has 17 rings (SSSR count). The van der Waals surface area contributed by atoms with Gasteiger partial charge in [0.1, 0.15) is 0 Å². The number of para-hydroxylation sites is 2. The molecule has 0 radical (unpaired) electrons. The minimum absolute atomic E-state index is 0.0146. The van der Waals surface area contributed by atoms with E-state index in [4.69, 9.17) is 0 Å². The van der Waals surface area contributed by atoms with E-state index < -0.39 is 52.5 Å². The van der Waals surface area contributed by atoms with Crippen molar-refractivity contribution in [1.82, 2.24) is 9.13 Å². The average Bonchev–Trinajstić information content (AvgIpc) is 1.68. The van der Waals surface area contributed by atoms with Gasteiger partial charge in [0.2, 0.25) is 0 Å². The quantitative estimate of drug-likeness (QED) is 0.141. The summed E-state index contributed by atoms with van der Waals surface area (Å²) in [6.45, 7) is 76.3. The van der Waals surface area contributed by atoms with Gasteiger partial charge in [0.25, 0.3) is 6.71 Å². The standard InChI is InChI=1S/C122H139BN4/c1-112(2,3)75-48-46-74(47-49-75)89-65-80(117(16,17)18)68-95(90-62-76(113(4,5)6)51-57-97(90)121(28,29)30)110(89)126-105-73-84(125-103-60-52-77(114(7,8)9)63-91(103)92-64-78(115(10,11)12)53-61-104(92)125)55-59-99(105)123-100-58-54-83(124-101-44-38-35-41-87(101)88-42-36-39-45-102(88)124)72-106(100)127(108-71-82(119(22,23)24)70-107(126)109(108)123)111-93(85-40-34-37-43-96(85)120(25,26)27)66-81(118(19,20)21)67-94(111)86-56-50-79(116(13,14)15)69-98(86)122(31,32)33/h34-73H,1-33H3/i35D,36D,38D,39D,41D,42D,44D,45D. The van der Waals surface area contributed by atoms with Gasteiger partial charge in [0.15, 0.2) is 0 Å². The fourth-order valence-electron chi connectivity index (χ4n) is 19.8. The summed E-state index contributed by atoms with van der Waals surface area (Å²) in [6, 6.07) is 72.7. The second-order valence-corrected chi connectivity index (χ2v) is 48.3. The minimum atomic E-state index is -0.570. The molecule has 0 amide bonds. The Balaban J connectivity index is 1.16. The van der Waals surface area contributed by atoms with Gasteiger partial charge in [-0.15, -0.1) is 0 Å². The van der Waals surface area contributed by atoms with Gasteiger partial charge in [-0.05, 0) is 256 Å². The van der Waals surface area contributed by atoms with Crippen molar-refractivity contribution in [1.29, 1.82) is 0 Å². The van der Waals surface area contributed by atoms with Crippen LogP contribution in [0.1, 0.15) is 301 Å². The van der Waals surface area contributed by atoms with Crippen molar-refractivity contribution in [3.05, 3.63) is 304 Å². The first-order valence-electron chi connectivity index (χ1n) is 50.3. The van der Waals surface area contributed by atoms with Crippen LogP contribution in [0.5, 0.6) is 0 Å². The van der Waals surface area contributed by atoms with Crippen LogP contribution < -0.4 is 26.2 Å². The van der Waals surface area contributed by atoms with Gasteiger partial charge in [0, 0.05) is 77.9 Å². The first-order valence-corrected chi connectivity index (χ1v) is 46.3. The third kappa shape index (κ3) is 15.5. The van der Waals surface area contributed by atoms with Crippen LogP contribution in [0.3, 0.4) is 0 Å². The fourth-order valence-corrected chi connectivity index (χ4v) is 19.8. The molecule has 0 saturated heterocycles. The number of aromatic nitrogens is 2. The Morgan fingerprint density at radius 2 is 0.567 bits per heavy atom. The zero-order chi connectivity index (χ0) is 98.6. The lowest BCUT2D eigenvalue weighted by molar-refractivity contribution is 0.569. The Kier molecular flexibility index (Phi) is 18.4. The lowest BCUT2D eigenvalue weighted by Gasteiger charge is -2.47. The maximum absolute atomic E-state index is 10.2. The van der Waals surface area contributed by atoms with Crippen LogP contribution in [-0.4, -0.2) is 15.8 Å². The summed E-state index contributed by atoms with van der Waals surface area (Å²) in [5.41, 5.74) is 30.8. The van der Waals surface area contributed by atoms with E-state index >= 15 is 0 Å². The topological polar surface area (TPSA) is 16.3 Å². The molecule has 0 fully saturated rings. The molecule has 0 unspecified atom stereocenters. The smallest absolute Gasteiger partial charge is 0.252 e. The first-order chi connectivity index (χ1) is 62.3. The molecule has 13 aromatic carbocycles. The molecule has 0 N–H and O–H groups in total. The fraction of sp³-hybridized carbons (Fsp3) is 0.361. The highest BCUT2D eigenvalue weighted by atomic mass is 15.2. The molecule has 650 valence electrons. The van der Waals surface area contributed by atoms with Crippen molar-refractivity contribution in [2.24, 2.45) is 0 Å². The maximum atomic E-state index is 10.2. The molecule has 2 aliphatic heterocycles. The predicted molar refractivity (Wildman–Crippen MR) is 557 cm³/mol. The Morgan fingerprint density at radius 1 is 0.228 bits per heavy atom. The Morgan fingerprint density at radius 3 is 1.01 bits per heavy atom. The second kappa shape index (κ2) is 29.9. The largest absolute Gasteiger partial charge is 0.310 e. The van der Waals surface area contributed by atoms with Gasteiger partial charge in [-0.25, -0.2) is 0 Å². The number of benzene rings is 13. The van der Waals surface area contributed by atoms with Crippen molar-refractivity contribution in [2.45, 2.75) is 288 Å². The van der Waals surface area contributed by atoms with E-state index in [1.807, 2.05) is 6.07 Å². The van der Waals surface area contributed by atoms with E-state index in [0.29, 0.717) is 5.69 Å². The summed E-state index contributed by atoms with van der Waals surface area (Å²) in [5.74, 6) is 0. The molecular formula is C122H139BN4. The number of hydrogen-bond donors (Lipinski definition) is 0. The third-order valence-corrected chi connectivity index (χ3v) is 27.4. The molecule has 4 heterocycles. The van der Waals surface area contributed by atoms with Crippen molar-refractivity contribution >= 4 is 101 Å². The minimum Gasteiger partial charge on any atom is -0.310 e. The van der Waals surface area contributed by atoms with Gasteiger partial charge in [-0.3, -0.25) is 0 Å². The Labute approximate surface area is 773 Å². The van der Waals surface area contributed by atoms with Crippen LogP contribution in [0.15, 0.2) is 242 Å². The highest BCUT2D eigenvalue weighted by molar-refractivity contribution is 7.00. The lowest BCUT2D eigenvalue weighted by Crippen LogP contribution is -2.61. The highest BCUT2D eigenvalue weighted by Crippen LogP contribution is 2.59. The van der Waals surface area contributed by atoms with Crippen LogP contribution in [0.4, 0.5) is 34.1 Å². The normalized spacial score (nSPS) is 14.9. The van der Waals surface area contributed by atoms with E-state index in [2.05, 4.69) is 431 Å². The van der Waals surface area contributed by atoms with Crippen LogP contribution in [-0.2, 0) is 59.6 Å². The molecule has 15 aromatic rings. The number of nitrogens with zero attached hydrogens (tertiary/aromatic N) is 4. The summed E-state index contributed by atoms with van der Waals surface area (Å²) in [6.07, 6.45) is 0. The number of anilines is 6. The SMILES string of the molecule is [2H]c1c([2H])c([2H])c2c(c1[2H])c1c([2H])c([2H])c([2H])c([2H])c1n2-c1ccc2c(c1)N(c1c(-c3ccccc3C(C)(C)C)cc(C(C)(C)C)cc1-c1ccc(C(C)(C)C)cc1C(C)(C)C)c1cc(C(C)(C)C)cc3c1B2c1ccc(-n2c4ccc(C(C)(C)C)cc4c4cc(C(C)(C)C)ccc42)cc1N3c1c(-c2ccc(C(C)(C)C)cc2)cc(C(C)(C)C)cc1-c1cc(C(C)(C)C)ccc1C(C)(C)C. The van der Waals surface area contributed by atoms with E-state index in [0.717, 1.165) is 128 Å². The van der Waals surface area contributed by atoms with Gasteiger partial charge in [-0.2, -0.15) is 0 Å². The zero-order valence-electron chi connectivity index (χ0n) is 90.3. The van der Waals surface area contributed by atoms with Crippen molar-refractivity contribution in [3.8, 4) is 55.9 Å². The maximum Gasteiger partial charge on any atom is 0.252 e. The van der Waals surface area contributed by atoms with Crippen LogP contribution in [0.25, 0.3) is 99.5 Å². The lowest BCUT2D eigenvalue weighted by atomic mass is 9.33. The number of rotatable bonds is 8. The molecule has 4 nitrogen and oxygen atoms in total. The monoisotopic (exact) mass is 1680 g/mol. The molecule has 0 atom stereocenters. The number of fused-ring (bicyclic) bond motifs is 10. The van der Waals surface area contributed by atoms with Gasteiger partial charge >= 0.3 is 0 Å². The van der Waals surface area contributed by atoms with E-state index in [1.54, 1.807) is 4.57 Å². The first kappa shape index (κ1) is 78.4. The summed E-state index contributed by atoms with van der Waals surface area (Å²) in [4.78, 5) is 5.33. The molecule has 0 bridgehead atoms. The Hall–Kier alpha value is -10.9. The van der Waals surface area contributed by atoms with Crippen LogP contribution in [0, 0.1) is 0 Å². The molecule has 5 heteroatoms. The summed E-state index contributed by atoms with van der Waals surface area (Å²) < 4.78 is 82.2. The summed E-state index contributed by atoms with van der Waals surface area (Å²) >= 11 is 0. The molecule has 2 aromatic heterocycles. The average molecular weight is 1680 g/mol. The molecule has 2 aliphatic rings. The third-order valence-electron chi connectivity index (χ3n) is 27.4. The summed E-state index contributed by atoms with van der Waals surface area (Å²) in [5, 5.41) is 2.40. The highest BCUT2D eigenvalue weighted by Gasteiger charge is 2.48.